The van der Waals surface area contributed by atoms with Gasteiger partial charge in [0.2, 0.25) is 11.8 Å². The molecule has 2 heterocycles. The van der Waals surface area contributed by atoms with E-state index in [9.17, 15) is 9.59 Å². The van der Waals surface area contributed by atoms with Gasteiger partial charge in [0.25, 0.3) is 0 Å². The van der Waals surface area contributed by atoms with Crippen LogP contribution in [-0.4, -0.2) is 48.9 Å². The van der Waals surface area contributed by atoms with Crippen molar-refractivity contribution >= 4 is 11.8 Å². The number of piperidine rings is 1. The number of hydrogen-bond acceptors (Lipinski definition) is 3. The molecule has 1 aromatic rings. The first-order chi connectivity index (χ1) is 13.1. The van der Waals surface area contributed by atoms with E-state index in [0.717, 1.165) is 51.9 Å². The highest BCUT2D eigenvalue weighted by Gasteiger charge is 2.34. The molecule has 0 bridgehead atoms. The SMILES string of the molecule is CCC(C)C(NC(=O)C1CNC1)C(=O)N1CCC(Cc2ccccc2)CC1. The average molecular weight is 372 g/mol. The van der Waals surface area contributed by atoms with Gasteiger partial charge in [0.05, 0.1) is 5.92 Å². The molecule has 27 heavy (non-hydrogen) atoms. The molecule has 148 valence electrons. The van der Waals surface area contributed by atoms with Crippen LogP contribution in [-0.2, 0) is 16.0 Å². The molecular weight excluding hydrogens is 338 g/mol. The lowest BCUT2D eigenvalue weighted by atomic mass is 9.89. The maximum atomic E-state index is 13.1. The molecule has 2 atom stereocenters. The molecule has 0 radical (unpaired) electrons. The molecule has 0 aliphatic carbocycles. The third kappa shape index (κ3) is 5.10. The number of carbonyl (C=O) groups is 2. The third-order valence-corrected chi connectivity index (χ3v) is 6.22. The lowest BCUT2D eigenvalue weighted by molar-refractivity contribution is -0.140. The van der Waals surface area contributed by atoms with Gasteiger partial charge in [-0.25, -0.2) is 0 Å². The first-order valence-corrected chi connectivity index (χ1v) is 10.4. The Kier molecular flexibility index (Phi) is 6.89. The van der Waals surface area contributed by atoms with Gasteiger partial charge >= 0.3 is 0 Å². The Morgan fingerprint density at radius 3 is 2.41 bits per heavy atom. The van der Waals surface area contributed by atoms with Crippen molar-refractivity contribution in [2.24, 2.45) is 17.8 Å². The zero-order valence-electron chi connectivity index (χ0n) is 16.6. The number of nitrogens with one attached hydrogen (secondary N) is 2. The lowest BCUT2D eigenvalue weighted by Crippen LogP contribution is -2.58. The highest BCUT2D eigenvalue weighted by atomic mass is 16.2. The van der Waals surface area contributed by atoms with Crippen molar-refractivity contribution in [3.63, 3.8) is 0 Å². The van der Waals surface area contributed by atoms with Crippen LogP contribution in [0.4, 0.5) is 0 Å². The minimum Gasteiger partial charge on any atom is -0.344 e. The van der Waals surface area contributed by atoms with Crippen LogP contribution in [0.3, 0.4) is 0 Å². The highest BCUT2D eigenvalue weighted by molar-refractivity contribution is 5.89. The van der Waals surface area contributed by atoms with Gasteiger partial charge in [-0.1, -0.05) is 50.6 Å². The predicted octanol–water partition coefficient (Wildman–Crippen LogP) is 2.22. The Hall–Kier alpha value is -1.88. The fourth-order valence-corrected chi connectivity index (χ4v) is 3.93. The number of carbonyl (C=O) groups excluding carboxylic acids is 2. The summed E-state index contributed by atoms with van der Waals surface area (Å²) in [5.74, 6) is 0.918. The fraction of sp³-hybridized carbons (Fsp3) is 0.636. The Morgan fingerprint density at radius 2 is 1.85 bits per heavy atom. The normalized spacial score (nSPS) is 20.6. The zero-order valence-corrected chi connectivity index (χ0v) is 16.6. The van der Waals surface area contributed by atoms with E-state index >= 15 is 0 Å². The summed E-state index contributed by atoms with van der Waals surface area (Å²) in [5, 5.41) is 6.17. The molecule has 0 saturated carbocycles. The minimum atomic E-state index is -0.395. The number of nitrogens with zero attached hydrogens (tertiary/aromatic N) is 1. The molecule has 3 rings (SSSR count). The summed E-state index contributed by atoms with van der Waals surface area (Å²) in [4.78, 5) is 27.5. The second kappa shape index (κ2) is 9.36. The summed E-state index contributed by atoms with van der Waals surface area (Å²) >= 11 is 0. The standard InChI is InChI=1S/C22H33N3O2/c1-3-16(2)20(24-21(26)19-14-23-15-19)22(27)25-11-9-18(10-12-25)13-17-7-5-4-6-8-17/h4-8,16,18-20,23H,3,9-15H2,1-2H3,(H,24,26). The number of hydrogen-bond donors (Lipinski definition) is 2. The summed E-state index contributed by atoms with van der Waals surface area (Å²) in [6.45, 7) is 7.17. The van der Waals surface area contributed by atoms with Gasteiger partial charge in [-0.15, -0.1) is 0 Å². The van der Waals surface area contributed by atoms with E-state index in [1.807, 2.05) is 11.0 Å². The monoisotopic (exact) mass is 371 g/mol. The average Bonchev–Trinajstić information content (AvgIpc) is 2.65. The molecular formula is C22H33N3O2. The van der Waals surface area contributed by atoms with Gasteiger partial charge in [0.1, 0.15) is 6.04 Å². The maximum Gasteiger partial charge on any atom is 0.245 e. The molecule has 5 nitrogen and oxygen atoms in total. The molecule has 2 aliphatic rings. The van der Waals surface area contributed by atoms with Gasteiger partial charge in [0.15, 0.2) is 0 Å². The number of amides is 2. The molecule has 1 aromatic carbocycles. The van der Waals surface area contributed by atoms with E-state index in [4.69, 9.17) is 0 Å². The van der Waals surface area contributed by atoms with Crippen LogP contribution in [0.15, 0.2) is 30.3 Å². The highest BCUT2D eigenvalue weighted by Crippen LogP contribution is 2.23. The molecule has 2 N–H and O–H groups in total. The van der Waals surface area contributed by atoms with Gasteiger partial charge in [-0.3, -0.25) is 9.59 Å². The first-order valence-electron chi connectivity index (χ1n) is 10.4. The summed E-state index contributed by atoms with van der Waals surface area (Å²) in [7, 11) is 0. The minimum absolute atomic E-state index is 0.0148. The van der Waals surface area contributed by atoms with Gasteiger partial charge in [0, 0.05) is 26.2 Å². The van der Waals surface area contributed by atoms with E-state index in [1.54, 1.807) is 0 Å². The van der Waals surface area contributed by atoms with Crippen molar-refractivity contribution < 1.29 is 9.59 Å². The fourth-order valence-electron chi connectivity index (χ4n) is 3.93. The summed E-state index contributed by atoms with van der Waals surface area (Å²) in [6.07, 6.45) is 4.04. The van der Waals surface area contributed by atoms with Crippen molar-refractivity contribution in [2.75, 3.05) is 26.2 Å². The largest absolute Gasteiger partial charge is 0.344 e. The molecule has 2 amide bonds. The van der Waals surface area contributed by atoms with Crippen LogP contribution in [0.5, 0.6) is 0 Å². The van der Waals surface area contributed by atoms with Crippen molar-refractivity contribution in [1.82, 2.24) is 15.5 Å². The second-order valence-corrected chi connectivity index (χ2v) is 8.19. The van der Waals surface area contributed by atoms with Crippen LogP contribution in [0, 0.1) is 17.8 Å². The van der Waals surface area contributed by atoms with Crippen LogP contribution in [0.2, 0.25) is 0 Å². The van der Waals surface area contributed by atoms with Crippen molar-refractivity contribution in [3.8, 4) is 0 Å². The Balaban J connectivity index is 1.54. The smallest absolute Gasteiger partial charge is 0.245 e. The van der Waals surface area contributed by atoms with Crippen LogP contribution >= 0.6 is 0 Å². The molecule has 2 unspecified atom stereocenters. The summed E-state index contributed by atoms with van der Waals surface area (Å²) in [6, 6.07) is 10.2. The topological polar surface area (TPSA) is 61.4 Å². The van der Waals surface area contributed by atoms with E-state index in [0.29, 0.717) is 5.92 Å². The van der Waals surface area contributed by atoms with Crippen molar-refractivity contribution in [1.29, 1.82) is 0 Å². The zero-order chi connectivity index (χ0) is 19.2. The van der Waals surface area contributed by atoms with Crippen LogP contribution in [0.25, 0.3) is 0 Å². The second-order valence-electron chi connectivity index (χ2n) is 8.19. The van der Waals surface area contributed by atoms with E-state index in [1.165, 1.54) is 5.56 Å². The number of likely N-dealkylation sites (tertiary alicyclic amines) is 1. The molecule has 0 aromatic heterocycles. The van der Waals surface area contributed by atoms with Crippen molar-refractivity contribution in [3.05, 3.63) is 35.9 Å². The van der Waals surface area contributed by atoms with E-state index < -0.39 is 6.04 Å². The molecule has 2 fully saturated rings. The molecule has 0 spiro atoms. The van der Waals surface area contributed by atoms with Gasteiger partial charge < -0.3 is 15.5 Å². The molecule has 2 aliphatic heterocycles. The first kappa shape index (κ1) is 19.9. The van der Waals surface area contributed by atoms with Crippen molar-refractivity contribution in [2.45, 2.75) is 45.6 Å². The van der Waals surface area contributed by atoms with Crippen LogP contribution < -0.4 is 10.6 Å². The third-order valence-electron chi connectivity index (χ3n) is 6.22. The van der Waals surface area contributed by atoms with Crippen LogP contribution in [0.1, 0.15) is 38.7 Å². The predicted molar refractivity (Wildman–Crippen MR) is 107 cm³/mol. The molecule has 2 saturated heterocycles. The Labute approximate surface area is 162 Å². The molecule has 5 heteroatoms. The number of benzene rings is 1. The summed E-state index contributed by atoms with van der Waals surface area (Å²) < 4.78 is 0. The van der Waals surface area contributed by atoms with E-state index in [-0.39, 0.29) is 23.7 Å². The quantitative estimate of drug-likeness (QED) is 0.773. The number of rotatable bonds is 7. The lowest BCUT2D eigenvalue weighted by Gasteiger charge is -2.37. The van der Waals surface area contributed by atoms with Gasteiger partial charge in [-0.05, 0) is 36.7 Å². The Bertz CT molecular complexity index is 622. The Morgan fingerprint density at radius 1 is 1.19 bits per heavy atom. The summed E-state index contributed by atoms with van der Waals surface area (Å²) in [5.41, 5.74) is 1.38. The maximum absolute atomic E-state index is 13.1. The van der Waals surface area contributed by atoms with E-state index in [2.05, 4.69) is 48.7 Å². The van der Waals surface area contributed by atoms with Gasteiger partial charge in [-0.2, -0.15) is 0 Å².